The van der Waals surface area contributed by atoms with Crippen LogP contribution >= 0.6 is 47.8 Å². The van der Waals surface area contributed by atoms with E-state index in [0.717, 1.165) is 51.0 Å². The van der Waals surface area contributed by atoms with Crippen LogP contribution in [0, 0.1) is 0 Å². The third-order valence-electron chi connectivity index (χ3n) is 7.49. The van der Waals surface area contributed by atoms with E-state index >= 15 is 0 Å². The highest BCUT2D eigenvalue weighted by Crippen LogP contribution is 2.33. The second kappa shape index (κ2) is 16.4. The third kappa shape index (κ3) is 9.51. The molecule has 6 N–H and O–H groups in total. The molecule has 0 radical (unpaired) electrons. The topological polar surface area (TPSA) is 117 Å². The van der Waals surface area contributed by atoms with Crippen molar-refractivity contribution in [3.05, 3.63) is 85.5 Å². The highest BCUT2D eigenvalue weighted by Gasteiger charge is 2.14. The maximum atomic E-state index is 6.23. The Bertz CT molecular complexity index is 1460. The van der Waals surface area contributed by atoms with Gasteiger partial charge in [0.1, 0.15) is 4.60 Å². The summed E-state index contributed by atoms with van der Waals surface area (Å²) >= 11 is 9.76. The van der Waals surface area contributed by atoms with E-state index in [9.17, 15) is 0 Å². The summed E-state index contributed by atoms with van der Waals surface area (Å²) in [4.78, 5) is 12.9. The van der Waals surface area contributed by atoms with Gasteiger partial charge in [-0.2, -0.15) is 0 Å². The van der Waals surface area contributed by atoms with Crippen LogP contribution in [0.2, 0.25) is 0 Å². The number of hydrogen-bond acceptors (Lipinski definition) is 6. The van der Waals surface area contributed by atoms with Gasteiger partial charge < -0.3 is 17.2 Å². The molecule has 6 nitrogen and oxygen atoms in total. The van der Waals surface area contributed by atoms with Gasteiger partial charge in [-0.15, -0.1) is 0 Å². The molecule has 0 saturated heterocycles. The molecule has 0 fully saturated rings. The molecule has 9 heteroatoms. The molecule has 0 atom stereocenters. The maximum Gasteiger partial charge on any atom is 0.129 e. The molecule has 6 rings (SSSR count). The normalized spacial score (nSPS) is 16.5. The van der Waals surface area contributed by atoms with Gasteiger partial charge in [0.15, 0.2) is 0 Å². The second-order valence-electron chi connectivity index (χ2n) is 10.7. The molecule has 0 unspecified atom stereocenters. The summed E-state index contributed by atoms with van der Waals surface area (Å²) < 4.78 is 2.52. The van der Waals surface area contributed by atoms with Crippen LogP contribution in [0.4, 0.5) is 17.1 Å². The monoisotopic (exact) mass is 756 g/mol. The molecule has 3 heterocycles. The fourth-order valence-corrected chi connectivity index (χ4v) is 6.21. The number of nitrogens with zero attached hydrogens (tertiary/aromatic N) is 3. The number of anilines is 3. The van der Waals surface area contributed by atoms with Crippen LogP contribution in [-0.4, -0.2) is 15.0 Å². The van der Waals surface area contributed by atoms with Crippen molar-refractivity contribution in [3.63, 3.8) is 0 Å². The van der Waals surface area contributed by atoms with Crippen LogP contribution in [-0.2, 0) is 0 Å². The van der Waals surface area contributed by atoms with E-state index in [1.165, 1.54) is 80.1 Å². The number of pyridine rings is 3. The average molecular weight is 759 g/mol. The second-order valence-corrected chi connectivity index (χ2v) is 13.3. The molecule has 3 aliphatic carbocycles. The van der Waals surface area contributed by atoms with Gasteiger partial charge in [-0.1, -0.05) is 18.2 Å². The molecule has 0 aromatic carbocycles. The van der Waals surface area contributed by atoms with Crippen LogP contribution in [0.1, 0.15) is 94.0 Å². The Balaban J connectivity index is 0.000000155. The number of hydrogen-bond donors (Lipinski definition) is 3. The van der Waals surface area contributed by atoms with Gasteiger partial charge in [0, 0.05) is 27.5 Å². The van der Waals surface area contributed by atoms with E-state index in [0.29, 0.717) is 10.3 Å². The van der Waals surface area contributed by atoms with E-state index in [-0.39, 0.29) is 0 Å². The Kier molecular flexibility index (Phi) is 12.6. The lowest BCUT2D eigenvalue weighted by Crippen LogP contribution is -2.02. The van der Waals surface area contributed by atoms with E-state index in [2.05, 4.69) is 87.0 Å². The first kappa shape index (κ1) is 32.4. The largest absolute Gasteiger partial charge is 0.397 e. The van der Waals surface area contributed by atoms with Gasteiger partial charge in [-0.05, 0) is 165 Å². The average Bonchev–Trinajstić information content (AvgIpc) is 3.01. The number of allylic oxidation sites excluding steroid dienone is 6. The smallest absolute Gasteiger partial charge is 0.129 e. The van der Waals surface area contributed by atoms with Crippen molar-refractivity contribution >= 4 is 81.6 Å². The van der Waals surface area contributed by atoms with Crippen molar-refractivity contribution in [1.82, 2.24) is 15.0 Å². The van der Waals surface area contributed by atoms with E-state index in [1.807, 2.05) is 12.3 Å². The zero-order valence-electron chi connectivity index (χ0n) is 23.9. The van der Waals surface area contributed by atoms with Gasteiger partial charge >= 0.3 is 0 Å². The number of halogens is 3. The minimum absolute atomic E-state index is 0.643. The predicted molar refractivity (Wildman–Crippen MR) is 188 cm³/mol. The van der Waals surface area contributed by atoms with E-state index in [1.54, 1.807) is 18.5 Å². The van der Waals surface area contributed by atoms with E-state index < -0.39 is 0 Å². The lowest BCUT2D eigenvalue weighted by atomic mass is 9.92. The first-order valence-corrected chi connectivity index (χ1v) is 17.0. The summed E-state index contributed by atoms with van der Waals surface area (Å²) in [5.74, 6) is 0. The summed E-state index contributed by atoms with van der Waals surface area (Å²) in [5, 5.41) is 0. The van der Waals surface area contributed by atoms with Crippen LogP contribution < -0.4 is 17.2 Å². The van der Waals surface area contributed by atoms with Crippen LogP contribution in [0.25, 0.3) is 16.7 Å². The quantitative estimate of drug-likeness (QED) is 0.229. The number of nitrogens with two attached hydrogens (primary N) is 3. The Labute approximate surface area is 274 Å². The van der Waals surface area contributed by atoms with Crippen LogP contribution in [0.5, 0.6) is 0 Å². The Morgan fingerprint density at radius 2 is 0.952 bits per heavy atom. The first-order valence-electron chi connectivity index (χ1n) is 14.6. The Morgan fingerprint density at radius 3 is 1.38 bits per heavy atom. The SMILES string of the molecule is Nc1cc(Br)cnc1Br.Nc1cc(Br)cnc1C1=CCCCC1.Nc1cc(C2=CCCCC2)cnc1C1=CCCCC1. The molecule has 0 saturated carbocycles. The molecule has 0 aliphatic heterocycles. The first-order chi connectivity index (χ1) is 20.3. The van der Waals surface area contributed by atoms with Gasteiger partial charge in [0.05, 0.1) is 28.5 Å². The van der Waals surface area contributed by atoms with E-state index in [4.69, 9.17) is 17.2 Å². The van der Waals surface area contributed by atoms with Crippen LogP contribution in [0.15, 0.2) is 68.6 Å². The molecule has 3 aromatic heterocycles. The minimum Gasteiger partial charge on any atom is -0.397 e. The van der Waals surface area contributed by atoms with Crippen molar-refractivity contribution < 1.29 is 0 Å². The summed E-state index contributed by atoms with van der Waals surface area (Å²) in [5.41, 5.74) is 27.2. The van der Waals surface area contributed by atoms with Crippen molar-refractivity contribution in [2.75, 3.05) is 17.2 Å². The Morgan fingerprint density at radius 1 is 0.500 bits per heavy atom. The fraction of sp³-hybridized carbons (Fsp3) is 0.364. The summed E-state index contributed by atoms with van der Waals surface area (Å²) in [6.07, 6.45) is 27.1. The molecule has 42 heavy (non-hydrogen) atoms. The highest BCUT2D eigenvalue weighted by molar-refractivity contribution is 9.11. The minimum atomic E-state index is 0.643. The lowest BCUT2D eigenvalue weighted by Gasteiger charge is -2.17. The standard InChI is InChI=1S/C17H22N2.C11H13BrN2.C5H4Br2N2/c18-16-11-15(13-7-3-1-4-8-13)12-19-17(16)14-9-5-2-6-10-14;12-9-6-10(13)11(14-7-9)8-4-2-1-3-5-8;6-3-1-4(8)5(7)9-2-3/h7,9,11-12H,1-6,8,10,18H2;4,6-7H,1-3,5,13H2;1-2H,8H2. The van der Waals surface area contributed by atoms with Crippen molar-refractivity contribution in [3.8, 4) is 0 Å². The summed E-state index contributed by atoms with van der Waals surface area (Å²) in [6.45, 7) is 0. The summed E-state index contributed by atoms with van der Waals surface area (Å²) in [7, 11) is 0. The molecular formula is C33H39Br3N6. The third-order valence-corrected chi connectivity index (χ3v) is 9.02. The summed E-state index contributed by atoms with van der Waals surface area (Å²) in [6, 6.07) is 5.82. The molecule has 3 aliphatic rings. The number of aromatic nitrogens is 3. The highest BCUT2D eigenvalue weighted by atomic mass is 79.9. The van der Waals surface area contributed by atoms with Crippen molar-refractivity contribution in [1.29, 1.82) is 0 Å². The zero-order chi connectivity index (χ0) is 29.9. The molecular weight excluding hydrogens is 720 g/mol. The fourth-order valence-electron chi connectivity index (χ4n) is 5.29. The van der Waals surface area contributed by atoms with Gasteiger partial charge in [0.2, 0.25) is 0 Å². The molecule has 0 amide bonds. The lowest BCUT2D eigenvalue weighted by molar-refractivity contribution is 0.739. The molecule has 222 valence electrons. The molecule has 0 bridgehead atoms. The van der Waals surface area contributed by atoms with Gasteiger partial charge in [-0.25, -0.2) is 4.98 Å². The number of rotatable bonds is 3. The maximum absolute atomic E-state index is 6.23. The zero-order valence-corrected chi connectivity index (χ0v) is 28.6. The van der Waals surface area contributed by atoms with Crippen LogP contribution in [0.3, 0.4) is 0 Å². The van der Waals surface area contributed by atoms with Gasteiger partial charge in [-0.3, -0.25) is 9.97 Å². The predicted octanol–water partition coefficient (Wildman–Crippen LogP) is 10.2. The van der Waals surface area contributed by atoms with Crippen molar-refractivity contribution in [2.45, 2.75) is 77.0 Å². The van der Waals surface area contributed by atoms with Crippen molar-refractivity contribution in [2.24, 2.45) is 0 Å². The molecule has 3 aromatic rings. The Hall–Kier alpha value is -2.49. The van der Waals surface area contributed by atoms with Gasteiger partial charge in [0.25, 0.3) is 0 Å². The molecule has 0 spiro atoms. The number of nitrogen functional groups attached to an aromatic ring is 3.